The number of benzene rings is 1. The molecule has 0 bridgehead atoms. The van der Waals surface area contributed by atoms with Crippen LogP contribution in [0, 0.1) is 6.92 Å². The highest BCUT2D eigenvalue weighted by molar-refractivity contribution is 7.15. The van der Waals surface area contributed by atoms with Crippen LogP contribution in [-0.4, -0.2) is 17.0 Å². The van der Waals surface area contributed by atoms with E-state index in [2.05, 4.69) is 41.3 Å². The largest absolute Gasteiger partial charge is 0.370 e. The van der Waals surface area contributed by atoms with Crippen LogP contribution in [0.3, 0.4) is 0 Å². The molecule has 1 aromatic carbocycles. The first-order chi connectivity index (χ1) is 10.1. The van der Waals surface area contributed by atoms with Crippen LogP contribution in [0.15, 0.2) is 35.3 Å². The highest BCUT2D eigenvalue weighted by atomic mass is 32.1. The molecule has 1 aromatic heterocycles. The number of nitrogens with zero attached hydrogens (tertiary/aromatic N) is 2. The summed E-state index contributed by atoms with van der Waals surface area (Å²) in [4.78, 5) is 10.2. The fourth-order valence-corrected chi connectivity index (χ4v) is 2.83. The van der Waals surface area contributed by atoms with Crippen molar-refractivity contribution >= 4 is 17.3 Å². The summed E-state index contributed by atoms with van der Waals surface area (Å²) in [6, 6.07) is 10.6. The molecule has 5 heteroatoms. The van der Waals surface area contributed by atoms with Gasteiger partial charge in [-0.25, -0.2) is 9.98 Å². The molecular formula is C16H22N4S. The maximum Gasteiger partial charge on any atom is 0.189 e. The van der Waals surface area contributed by atoms with Gasteiger partial charge in [0.15, 0.2) is 5.96 Å². The van der Waals surface area contributed by atoms with Crippen LogP contribution >= 0.6 is 11.3 Å². The first-order valence-electron chi connectivity index (χ1n) is 7.18. The normalized spacial score (nSPS) is 13.2. The summed E-state index contributed by atoms with van der Waals surface area (Å²) in [5, 5.41) is 4.20. The second-order valence-electron chi connectivity index (χ2n) is 5.05. The highest BCUT2D eigenvalue weighted by Crippen LogP contribution is 2.28. The van der Waals surface area contributed by atoms with E-state index in [-0.39, 0.29) is 0 Å². The molecule has 1 atom stereocenters. The number of nitrogens with one attached hydrogen (secondary N) is 1. The van der Waals surface area contributed by atoms with Gasteiger partial charge in [0.1, 0.15) is 5.01 Å². The van der Waals surface area contributed by atoms with Crippen LogP contribution < -0.4 is 11.1 Å². The molecule has 4 nitrogen and oxygen atoms in total. The molecule has 112 valence electrons. The van der Waals surface area contributed by atoms with E-state index in [1.54, 1.807) is 11.3 Å². The lowest BCUT2D eigenvalue weighted by atomic mass is 10.2. The molecule has 2 aromatic rings. The number of guanidine groups is 1. The van der Waals surface area contributed by atoms with E-state index in [0.29, 0.717) is 18.5 Å². The number of aryl methyl sites for hydroxylation is 1. The van der Waals surface area contributed by atoms with Gasteiger partial charge in [-0.1, -0.05) is 37.3 Å². The minimum absolute atomic E-state index is 0.344. The van der Waals surface area contributed by atoms with Gasteiger partial charge in [0.2, 0.25) is 0 Å². The van der Waals surface area contributed by atoms with Gasteiger partial charge in [-0.05, 0) is 20.3 Å². The molecule has 3 N–H and O–H groups in total. The lowest BCUT2D eigenvalue weighted by Crippen LogP contribution is -2.38. The van der Waals surface area contributed by atoms with Gasteiger partial charge in [-0.15, -0.1) is 11.3 Å². The Kier molecular flexibility index (Phi) is 5.33. The maximum absolute atomic E-state index is 5.89. The Morgan fingerprint density at radius 3 is 2.76 bits per heavy atom. The smallest absolute Gasteiger partial charge is 0.189 e. The van der Waals surface area contributed by atoms with E-state index < -0.39 is 0 Å². The Hall–Kier alpha value is -1.88. The Bertz CT molecular complexity index is 604. The molecule has 0 aliphatic carbocycles. The topological polar surface area (TPSA) is 63.3 Å². The fourth-order valence-electron chi connectivity index (χ4n) is 1.84. The number of thiazole rings is 1. The van der Waals surface area contributed by atoms with Crippen molar-refractivity contribution in [2.75, 3.05) is 0 Å². The Morgan fingerprint density at radius 2 is 2.10 bits per heavy atom. The lowest BCUT2D eigenvalue weighted by molar-refractivity contribution is 0.636. The van der Waals surface area contributed by atoms with E-state index in [0.717, 1.165) is 27.6 Å². The van der Waals surface area contributed by atoms with Gasteiger partial charge < -0.3 is 11.1 Å². The van der Waals surface area contributed by atoms with Crippen molar-refractivity contribution in [1.82, 2.24) is 10.3 Å². The molecule has 0 aliphatic rings. The average Bonchev–Trinajstić information content (AvgIpc) is 2.87. The molecule has 0 saturated carbocycles. The number of aliphatic imine (C=N–C) groups is 1. The van der Waals surface area contributed by atoms with Crippen LogP contribution in [0.5, 0.6) is 0 Å². The van der Waals surface area contributed by atoms with Crippen molar-refractivity contribution < 1.29 is 0 Å². The zero-order valence-electron chi connectivity index (χ0n) is 12.8. The summed E-state index contributed by atoms with van der Waals surface area (Å²) >= 11 is 1.68. The summed E-state index contributed by atoms with van der Waals surface area (Å²) in [6.45, 7) is 6.80. The summed E-state index contributed by atoms with van der Waals surface area (Å²) in [7, 11) is 0. The van der Waals surface area contributed by atoms with E-state index in [1.807, 2.05) is 25.1 Å². The second-order valence-corrected chi connectivity index (χ2v) is 6.13. The van der Waals surface area contributed by atoms with Gasteiger partial charge >= 0.3 is 0 Å². The van der Waals surface area contributed by atoms with Crippen LogP contribution in [0.2, 0.25) is 0 Å². The van der Waals surface area contributed by atoms with E-state index in [9.17, 15) is 0 Å². The summed E-state index contributed by atoms with van der Waals surface area (Å²) in [6.07, 6.45) is 1.02. The molecule has 1 heterocycles. The first kappa shape index (κ1) is 15.5. The average molecular weight is 302 g/mol. The third-order valence-corrected chi connectivity index (χ3v) is 4.50. The molecule has 0 fully saturated rings. The quantitative estimate of drug-likeness (QED) is 0.658. The zero-order valence-corrected chi connectivity index (χ0v) is 13.6. The lowest BCUT2D eigenvalue weighted by Gasteiger charge is -2.11. The molecule has 0 saturated heterocycles. The van der Waals surface area contributed by atoms with Crippen LogP contribution in [0.1, 0.15) is 30.8 Å². The van der Waals surface area contributed by atoms with Crippen molar-refractivity contribution in [2.45, 2.75) is 39.8 Å². The van der Waals surface area contributed by atoms with Crippen LogP contribution in [0.25, 0.3) is 10.6 Å². The van der Waals surface area contributed by atoms with Gasteiger partial charge in [-0.2, -0.15) is 0 Å². The van der Waals surface area contributed by atoms with Crippen LogP contribution in [-0.2, 0) is 6.54 Å². The van der Waals surface area contributed by atoms with Gasteiger partial charge in [-0.3, -0.25) is 0 Å². The van der Waals surface area contributed by atoms with E-state index >= 15 is 0 Å². The van der Waals surface area contributed by atoms with Crippen LogP contribution in [0.4, 0.5) is 0 Å². The number of aromatic nitrogens is 1. The predicted octanol–water partition coefficient (Wildman–Crippen LogP) is 3.32. The molecule has 1 unspecified atom stereocenters. The minimum atomic E-state index is 0.344. The minimum Gasteiger partial charge on any atom is -0.370 e. The van der Waals surface area contributed by atoms with Gasteiger partial charge in [0.05, 0.1) is 12.2 Å². The molecule has 0 spiro atoms. The monoisotopic (exact) mass is 302 g/mol. The van der Waals surface area contributed by atoms with Crippen molar-refractivity contribution in [3.63, 3.8) is 0 Å². The fraction of sp³-hybridized carbons (Fsp3) is 0.375. The Balaban J connectivity index is 2.08. The van der Waals surface area contributed by atoms with E-state index in [1.165, 1.54) is 0 Å². The third kappa shape index (κ3) is 4.29. The highest BCUT2D eigenvalue weighted by Gasteiger charge is 2.09. The molecule has 21 heavy (non-hydrogen) atoms. The van der Waals surface area contributed by atoms with E-state index in [4.69, 9.17) is 5.73 Å². The predicted molar refractivity (Wildman–Crippen MR) is 90.5 cm³/mol. The van der Waals surface area contributed by atoms with Gasteiger partial charge in [0.25, 0.3) is 0 Å². The number of rotatable bonds is 5. The third-order valence-electron chi connectivity index (χ3n) is 3.31. The molecular weight excluding hydrogens is 280 g/mol. The van der Waals surface area contributed by atoms with Gasteiger partial charge in [0, 0.05) is 16.5 Å². The summed E-state index contributed by atoms with van der Waals surface area (Å²) in [5.41, 5.74) is 8.06. The Morgan fingerprint density at radius 1 is 1.38 bits per heavy atom. The number of nitrogens with two attached hydrogens (primary N) is 1. The van der Waals surface area contributed by atoms with Crippen molar-refractivity contribution in [1.29, 1.82) is 0 Å². The first-order valence-corrected chi connectivity index (χ1v) is 8.00. The number of hydrogen-bond acceptors (Lipinski definition) is 3. The van der Waals surface area contributed by atoms with Crippen molar-refractivity contribution in [2.24, 2.45) is 10.7 Å². The summed E-state index contributed by atoms with van der Waals surface area (Å²) < 4.78 is 0. The molecule has 0 radical (unpaired) electrons. The second kappa shape index (κ2) is 7.22. The SMILES string of the molecule is CCC(C)NC(N)=NCc1sc(-c2ccccc2)nc1C. The molecule has 0 aliphatic heterocycles. The molecule has 2 rings (SSSR count). The van der Waals surface area contributed by atoms with Crippen molar-refractivity contribution in [3.8, 4) is 10.6 Å². The maximum atomic E-state index is 5.89. The zero-order chi connectivity index (χ0) is 15.2. The molecule has 0 amide bonds. The summed E-state index contributed by atoms with van der Waals surface area (Å²) in [5.74, 6) is 0.499. The standard InChI is InChI=1S/C16H22N4S/c1-4-11(2)19-16(17)18-10-14-12(3)20-15(21-14)13-8-6-5-7-9-13/h5-9,11H,4,10H2,1-3H3,(H3,17,18,19). The van der Waals surface area contributed by atoms with Crippen molar-refractivity contribution in [3.05, 3.63) is 40.9 Å². The Labute approximate surface area is 130 Å². The number of hydrogen-bond donors (Lipinski definition) is 2.